The van der Waals surface area contributed by atoms with Gasteiger partial charge in [-0.15, -0.1) is 11.8 Å². The number of aromatic nitrogens is 1. The van der Waals surface area contributed by atoms with Crippen molar-refractivity contribution in [3.8, 4) is 22.4 Å². The number of hydrogen-bond acceptors (Lipinski definition) is 3. The van der Waals surface area contributed by atoms with Crippen LogP contribution in [-0.2, 0) is 0 Å². The van der Waals surface area contributed by atoms with Crippen LogP contribution < -0.4 is 5.32 Å². The van der Waals surface area contributed by atoms with Gasteiger partial charge in [0.15, 0.2) is 0 Å². The third kappa shape index (κ3) is 4.63. The molecule has 4 rings (SSSR count). The van der Waals surface area contributed by atoms with Crippen LogP contribution in [0.3, 0.4) is 0 Å². The molecule has 0 unspecified atom stereocenters. The Balaban J connectivity index is 1.71. The summed E-state index contributed by atoms with van der Waals surface area (Å²) in [6.07, 6.45) is 3.65. The largest absolute Gasteiger partial charge is 0.322 e. The van der Waals surface area contributed by atoms with Gasteiger partial charge in [-0.2, -0.15) is 0 Å². The molecular formula is C25H18ClFN2OS. The minimum absolute atomic E-state index is 0.0153. The number of halogens is 2. The van der Waals surface area contributed by atoms with Crippen LogP contribution in [0.4, 0.5) is 10.1 Å². The van der Waals surface area contributed by atoms with E-state index >= 15 is 0 Å². The van der Waals surface area contributed by atoms with Gasteiger partial charge < -0.3 is 5.32 Å². The Morgan fingerprint density at radius 3 is 2.58 bits per heavy atom. The first-order valence-corrected chi connectivity index (χ1v) is 11.1. The summed E-state index contributed by atoms with van der Waals surface area (Å²) in [6, 6.07) is 23.3. The van der Waals surface area contributed by atoms with E-state index in [0.717, 1.165) is 16.2 Å². The zero-order valence-corrected chi connectivity index (χ0v) is 18.2. The maximum Gasteiger partial charge on any atom is 0.256 e. The van der Waals surface area contributed by atoms with Crippen LogP contribution in [0.1, 0.15) is 10.4 Å². The van der Waals surface area contributed by atoms with Gasteiger partial charge in [0.25, 0.3) is 5.91 Å². The molecule has 1 amide bonds. The van der Waals surface area contributed by atoms with Crippen molar-refractivity contribution in [3.05, 3.63) is 101 Å². The van der Waals surface area contributed by atoms with E-state index in [1.807, 2.05) is 48.7 Å². The molecule has 0 fully saturated rings. The van der Waals surface area contributed by atoms with E-state index in [4.69, 9.17) is 11.6 Å². The van der Waals surface area contributed by atoms with Crippen LogP contribution in [-0.4, -0.2) is 17.1 Å². The third-order valence-electron chi connectivity index (χ3n) is 4.79. The van der Waals surface area contributed by atoms with Gasteiger partial charge in [0.1, 0.15) is 5.82 Å². The SMILES string of the molecule is CSc1ccc(C(=O)Nc2cccc(-c3ccccn3)c2)c(-c2cccc(Cl)c2F)c1. The fourth-order valence-corrected chi connectivity index (χ4v) is 3.89. The Hall–Kier alpha value is -3.15. The lowest BCUT2D eigenvalue weighted by Gasteiger charge is -2.14. The van der Waals surface area contributed by atoms with Gasteiger partial charge in [0, 0.05) is 33.5 Å². The second-order valence-corrected chi connectivity index (χ2v) is 8.05. The van der Waals surface area contributed by atoms with Gasteiger partial charge in [0.05, 0.1) is 10.7 Å². The Bertz CT molecular complexity index is 1250. The number of pyridine rings is 1. The predicted octanol–water partition coefficient (Wildman–Crippen LogP) is 7.18. The molecule has 31 heavy (non-hydrogen) atoms. The van der Waals surface area contributed by atoms with Gasteiger partial charge in [-0.3, -0.25) is 9.78 Å². The molecule has 3 nitrogen and oxygen atoms in total. The van der Waals surface area contributed by atoms with Gasteiger partial charge in [-0.05, 0) is 60.4 Å². The molecule has 0 aliphatic carbocycles. The highest BCUT2D eigenvalue weighted by Crippen LogP contribution is 2.33. The van der Waals surface area contributed by atoms with Crippen LogP contribution in [0.2, 0.25) is 5.02 Å². The van der Waals surface area contributed by atoms with Crippen LogP contribution >= 0.6 is 23.4 Å². The van der Waals surface area contributed by atoms with Crippen molar-refractivity contribution in [1.82, 2.24) is 4.98 Å². The summed E-state index contributed by atoms with van der Waals surface area (Å²) >= 11 is 7.51. The second kappa shape index (κ2) is 9.33. The first-order valence-electron chi connectivity index (χ1n) is 9.52. The summed E-state index contributed by atoms with van der Waals surface area (Å²) in [5.74, 6) is -0.881. The van der Waals surface area contributed by atoms with E-state index in [1.165, 1.54) is 17.8 Å². The molecule has 1 N–H and O–H groups in total. The number of amides is 1. The van der Waals surface area contributed by atoms with Crippen LogP contribution in [0.15, 0.2) is 90.0 Å². The zero-order chi connectivity index (χ0) is 21.8. The number of benzene rings is 3. The van der Waals surface area contributed by atoms with Crippen LogP contribution in [0.25, 0.3) is 22.4 Å². The van der Waals surface area contributed by atoms with Crippen molar-refractivity contribution < 1.29 is 9.18 Å². The molecule has 0 aliphatic rings. The molecular weight excluding hydrogens is 431 g/mol. The number of thioether (sulfide) groups is 1. The van der Waals surface area contributed by atoms with Gasteiger partial charge >= 0.3 is 0 Å². The number of rotatable bonds is 5. The van der Waals surface area contributed by atoms with Crippen molar-refractivity contribution in [2.45, 2.75) is 4.90 Å². The van der Waals surface area contributed by atoms with Crippen molar-refractivity contribution in [3.63, 3.8) is 0 Å². The molecule has 0 spiro atoms. The molecule has 4 aromatic rings. The Morgan fingerprint density at radius 1 is 0.968 bits per heavy atom. The van der Waals surface area contributed by atoms with E-state index in [9.17, 15) is 9.18 Å². The van der Waals surface area contributed by atoms with Gasteiger partial charge in [-0.25, -0.2) is 4.39 Å². The lowest BCUT2D eigenvalue weighted by atomic mass is 9.98. The van der Waals surface area contributed by atoms with E-state index in [-0.39, 0.29) is 16.5 Å². The molecule has 0 aliphatic heterocycles. The quantitative estimate of drug-likeness (QED) is 0.329. The minimum Gasteiger partial charge on any atom is -0.322 e. The van der Waals surface area contributed by atoms with Gasteiger partial charge in [0.2, 0.25) is 0 Å². The average molecular weight is 449 g/mol. The highest BCUT2D eigenvalue weighted by molar-refractivity contribution is 7.98. The van der Waals surface area contributed by atoms with Crippen molar-refractivity contribution in [2.75, 3.05) is 11.6 Å². The molecule has 6 heteroatoms. The highest BCUT2D eigenvalue weighted by atomic mass is 35.5. The fourth-order valence-electron chi connectivity index (χ4n) is 3.27. The van der Waals surface area contributed by atoms with Crippen LogP contribution in [0, 0.1) is 5.82 Å². The number of carbonyl (C=O) groups excluding carboxylic acids is 1. The number of nitrogens with zero attached hydrogens (tertiary/aromatic N) is 1. The number of hydrogen-bond donors (Lipinski definition) is 1. The molecule has 0 radical (unpaired) electrons. The summed E-state index contributed by atoms with van der Waals surface area (Å²) in [5, 5.41) is 2.94. The lowest BCUT2D eigenvalue weighted by molar-refractivity contribution is 0.102. The summed E-state index contributed by atoms with van der Waals surface area (Å²) < 4.78 is 14.8. The Morgan fingerprint density at radius 2 is 1.81 bits per heavy atom. The summed E-state index contributed by atoms with van der Waals surface area (Å²) in [5.41, 5.74) is 3.46. The molecule has 3 aromatic carbocycles. The average Bonchev–Trinajstić information content (AvgIpc) is 2.81. The highest BCUT2D eigenvalue weighted by Gasteiger charge is 2.18. The lowest BCUT2D eigenvalue weighted by Crippen LogP contribution is -2.13. The van der Waals surface area contributed by atoms with E-state index in [2.05, 4.69) is 10.3 Å². The first kappa shape index (κ1) is 21.1. The van der Waals surface area contributed by atoms with Crippen molar-refractivity contribution in [1.29, 1.82) is 0 Å². The van der Waals surface area contributed by atoms with Gasteiger partial charge in [-0.1, -0.05) is 41.9 Å². The summed E-state index contributed by atoms with van der Waals surface area (Å²) in [6.45, 7) is 0. The predicted molar refractivity (Wildman–Crippen MR) is 126 cm³/mol. The molecule has 0 saturated heterocycles. The van der Waals surface area contributed by atoms with Crippen LogP contribution in [0.5, 0.6) is 0 Å². The molecule has 1 aromatic heterocycles. The number of nitrogens with one attached hydrogen (secondary N) is 1. The van der Waals surface area contributed by atoms with E-state index in [0.29, 0.717) is 16.8 Å². The molecule has 0 atom stereocenters. The first-order chi connectivity index (χ1) is 15.1. The van der Waals surface area contributed by atoms with Crippen molar-refractivity contribution in [2.24, 2.45) is 0 Å². The number of carbonyl (C=O) groups is 1. The number of anilines is 1. The fraction of sp³-hybridized carbons (Fsp3) is 0.0400. The molecule has 0 saturated carbocycles. The topological polar surface area (TPSA) is 42.0 Å². The summed E-state index contributed by atoms with van der Waals surface area (Å²) in [7, 11) is 0. The second-order valence-electron chi connectivity index (χ2n) is 6.76. The maximum atomic E-state index is 14.8. The Labute approximate surface area is 189 Å². The molecule has 154 valence electrons. The maximum absolute atomic E-state index is 14.8. The monoisotopic (exact) mass is 448 g/mol. The minimum atomic E-state index is -0.548. The smallest absolute Gasteiger partial charge is 0.256 e. The zero-order valence-electron chi connectivity index (χ0n) is 16.6. The van der Waals surface area contributed by atoms with E-state index < -0.39 is 5.82 Å². The molecule has 1 heterocycles. The van der Waals surface area contributed by atoms with E-state index in [1.54, 1.807) is 36.5 Å². The summed E-state index contributed by atoms with van der Waals surface area (Å²) in [4.78, 5) is 18.4. The molecule has 0 bridgehead atoms. The third-order valence-corrected chi connectivity index (χ3v) is 5.81. The van der Waals surface area contributed by atoms with Crippen molar-refractivity contribution >= 4 is 35.0 Å². The Kier molecular flexibility index (Phi) is 6.35. The standard InChI is InChI=1S/C25H18ClFN2OS/c1-31-18-11-12-20(21(15-18)19-8-5-9-22(26)24(19)27)25(30)29-17-7-4-6-16(14-17)23-10-2-3-13-28-23/h2-15H,1H3,(H,29,30). The normalized spacial score (nSPS) is 10.7.